The van der Waals surface area contributed by atoms with E-state index >= 15 is 0 Å². The molecule has 1 aromatic carbocycles. The molecule has 2 aromatic rings. The third kappa shape index (κ3) is 6.82. The maximum atomic E-state index is 12.8. The van der Waals surface area contributed by atoms with Gasteiger partial charge in [0, 0.05) is 31.6 Å². The van der Waals surface area contributed by atoms with Gasteiger partial charge in [-0.1, -0.05) is 27.7 Å². The van der Waals surface area contributed by atoms with Crippen molar-refractivity contribution in [3.05, 3.63) is 36.0 Å². The van der Waals surface area contributed by atoms with Gasteiger partial charge in [0.25, 0.3) is 0 Å². The summed E-state index contributed by atoms with van der Waals surface area (Å²) in [5.41, 5.74) is 1.44. The summed E-state index contributed by atoms with van der Waals surface area (Å²) in [5, 5.41) is 7.64. The van der Waals surface area contributed by atoms with Crippen molar-refractivity contribution in [1.82, 2.24) is 14.7 Å². The van der Waals surface area contributed by atoms with Crippen LogP contribution in [0.15, 0.2) is 30.3 Å². The van der Waals surface area contributed by atoms with Crippen molar-refractivity contribution < 1.29 is 19.1 Å². The SMILES string of the molecule is CCCC(=O)N(CCOC)CC(=O)Nc1cc(C(C)(C)C)nn1-c1ccc(OC)cc1. The molecule has 0 aliphatic carbocycles. The minimum Gasteiger partial charge on any atom is -0.497 e. The summed E-state index contributed by atoms with van der Waals surface area (Å²) >= 11 is 0. The van der Waals surface area contributed by atoms with E-state index in [1.165, 1.54) is 4.90 Å². The number of aromatic nitrogens is 2. The fraction of sp³-hybridized carbons (Fsp3) is 0.522. The molecule has 8 nitrogen and oxygen atoms in total. The Bertz CT molecular complexity index is 869. The molecule has 1 N–H and O–H groups in total. The number of ether oxygens (including phenoxy) is 2. The summed E-state index contributed by atoms with van der Waals surface area (Å²) in [6, 6.07) is 9.31. The standard InChI is InChI=1S/C23H34N4O4/c1-7-8-22(29)26(13-14-30-5)16-21(28)24-20-15-19(23(2,3)4)25-27(20)17-9-11-18(31-6)12-10-17/h9-12,15H,7-8,13-14,16H2,1-6H3,(H,24,28). The van der Waals surface area contributed by atoms with E-state index in [-0.39, 0.29) is 23.8 Å². The van der Waals surface area contributed by atoms with Crippen molar-refractivity contribution in [2.24, 2.45) is 0 Å². The zero-order valence-electron chi connectivity index (χ0n) is 19.4. The number of carbonyl (C=O) groups is 2. The van der Waals surface area contributed by atoms with Crippen LogP contribution in [0.25, 0.3) is 5.69 Å². The van der Waals surface area contributed by atoms with Gasteiger partial charge in [-0.25, -0.2) is 4.68 Å². The highest BCUT2D eigenvalue weighted by molar-refractivity contribution is 5.94. The number of amides is 2. The van der Waals surface area contributed by atoms with Crippen LogP contribution in [-0.2, 0) is 19.7 Å². The molecule has 0 aliphatic rings. The topological polar surface area (TPSA) is 85.7 Å². The van der Waals surface area contributed by atoms with Crippen molar-refractivity contribution in [1.29, 1.82) is 0 Å². The molecule has 0 saturated carbocycles. The van der Waals surface area contributed by atoms with Crippen molar-refractivity contribution in [3.8, 4) is 11.4 Å². The van der Waals surface area contributed by atoms with Crippen LogP contribution < -0.4 is 10.1 Å². The monoisotopic (exact) mass is 430 g/mol. The third-order valence-corrected chi connectivity index (χ3v) is 4.78. The van der Waals surface area contributed by atoms with Crippen LogP contribution in [0.1, 0.15) is 46.2 Å². The Kier molecular flexibility index (Phi) is 8.62. The van der Waals surface area contributed by atoms with Gasteiger partial charge in [0.1, 0.15) is 11.6 Å². The third-order valence-electron chi connectivity index (χ3n) is 4.78. The van der Waals surface area contributed by atoms with E-state index in [4.69, 9.17) is 14.6 Å². The highest BCUT2D eigenvalue weighted by Crippen LogP contribution is 2.27. The zero-order chi connectivity index (χ0) is 23.0. The van der Waals surface area contributed by atoms with E-state index in [2.05, 4.69) is 26.1 Å². The Morgan fingerprint density at radius 1 is 1.16 bits per heavy atom. The summed E-state index contributed by atoms with van der Waals surface area (Å²) < 4.78 is 12.0. The van der Waals surface area contributed by atoms with Crippen LogP contribution in [-0.4, -0.2) is 60.4 Å². The summed E-state index contributed by atoms with van der Waals surface area (Å²) in [6.45, 7) is 8.84. The number of nitrogens with zero attached hydrogens (tertiary/aromatic N) is 3. The van der Waals surface area contributed by atoms with Crippen molar-refractivity contribution in [3.63, 3.8) is 0 Å². The maximum absolute atomic E-state index is 12.8. The predicted molar refractivity (Wildman–Crippen MR) is 121 cm³/mol. The quantitative estimate of drug-likeness (QED) is 0.624. The molecule has 0 aliphatic heterocycles. The summed E-state index contributed by atoms with van der Waals surface area (Å²) in [6.07, 6.45) is 1.12. The highest BCUT2D eigenvalue weighted by atomic mass is 16.5. The Balaban J connectivity index is 2.27. The number of hydrogen-bond donors (Lipinski definition) is 1. The van der Waals surface area contributed by atoms with Gasteiger partial charge in [0.05, 0.1) is 31.6 Å². The molecule has 0 saturated heterocycles. The molecule has 170 valence electrons. The lowest BCUT2D eigenvalue weighted by Crippen LogP contribution is -2.40. The second kappa shape index (κ2) is 10.9. The van der Waals surface area contributed by atoms with Crippen LogP contribution in [0.2, 0.25) is 0 Å². The van der Waals surface area contributed by atoms with Crippen LogP contribution in [0.5, 0.6) is 5.75 Å². The van der Waals surface area contributed by atoms with E-state index < -0.39 is 0 Å². The van der Waals surface area contributed by atoms with E-state index in [1.807, 2.05) is 37.3 Å². The number of rotatable bonds is 10. The van der Waals surface area contributed by atoms with E-state index in [1.54, 1.807) is 18.9 Å². The molecule has 0 atom stereocenters. The molecule has 0 fully saturated rings. The Hall–Kier alpha value is -2.87. The van der Waals surface area contributed by atoms with Crippen LogP contribution in [0, 0.1) is 0 Å². The lowest BCUT2D eigenvalue weighted by molar-refractivity contribution is -0.135. The average Bonchev–Trinajstić information content (AvgIpc) is 3.15. The Morgan fingerprint density at radius 3 is 2.39 bits per heavy atom. The van der Waals surface area contributed by atoms with Crippen LogP contribution in [0.3, 0.4) is 0 Å². The molecule has 8 heteroatoms. The molecule has 0 radical (unpaired) electrons. The van der Waals surface area contributed by atoms with Gasteiger partial charge < -0.3 is 19.7 Å². The minimum absolute atomic E-state index is 0.0408. The van der Waals surface area contributed by atoms with Gasteiger partial charge in [0.15, 0.2) is 0 Å². The zero-order valence-corrected chi connectivity index (χ0v) is 19.4. The first-order valence-electron chi connectivity index (χ1n) is 10.5. The molecular formula is C23H34N4O4. The largest absolute Gasteiger partial charge is 0.497 e. The first-order chi connectivity index (χ1) is 14.7. The molecule has 1 heterocycles. The van der Waals surface area contributed by atoms with Crippen LogP contribution >= 0.6 is 0 Å². The molecule has 2 amide bonds. The first-order valence-corrected chi connectivity index (χ1v) is 10.5. The van der Waals surface area contributed by atoms with Gasteiger partial charge >= 0.3 is 0 Å². The van der Waals surface area contributed by atoms with Crippen molar-refractivity contribution in [2.45, 2.75) is 46.0 Å². The van der Waals surface area contributed by atoms with Crippen molar-refractivity contribution in [2.75, 3.05) is 39.2 Å². The number of carbonyl (C=O) groups excluding carboxylic acids is 2. The molecule has 0 bridgehead atoms. The van der Waals surface area contributed by atoms with Gasteiger partial charge in [0.2, 0.25) is 11.8 Å². The summed E-state index contributed by atoms with van der Waals surface area (Å²) in [4.78, 5) is 26.7. The van der Waals surface area contributed by atoms with Gasteiger partial charge in [-0.15, -0.1) is 0 Å². The highest BCUT2D eigenvalue weighted by Gasteiger charge is 2.23. The first kappa shape index (κ1) is 24.4. The van der Waals surface area contributed by atoms with Gasteiger partial charge in [-0.3, -0.25) is 9.59 Å². The Labute approximate surface area is 184 Å². The van der Waals surface area contributed by atoms with Crippen molar-refractivity contribution >= 4 is 17.6 Å². The Morgan fingerprint density at radius 2 is 1.84 bits per heavy atom. The van der Waals surface area contributed by atoms with E-state index in [9.17, 15) is 9.59 Å². The van der Waals surface area contributed by atoms with E-state index in [0.717, 1.165) is 23.6 Å². The second-order valence-electron chi connectivity index (χ2n) is 8.38. The lowest BCUT2D eigenvalue weighted by Gasteiger charge is -2.21. The van der Waals surface area contributed by atoms with Gasteiger partial charge in [-0.2, -0.15) is 5.10 Å². The van der Waals surface area contributed by atoms with E-state index in [0.29, 0.717) is 25.4 Å². The fourth-order valence-electron chi connectivity index (χ4n) is 2.98. The number of methoxy groups -OCH3 is 2. The fourth-order valence-corrected chi connectivity index (χ4v) is 2.98. The molecular weight excluding hydrogens is 396 g/mol. The molecule has 2 rings (SSSR count). The smallest absolute Gasteiger partial charge is 0.245 e. The van der Waals surface area contributed by atoms with Crippen LogP contribution in [0.4, 0.5) is 5.82 Å². The normalized spacial score (nSPS) is 11.3. The molecule has 1 aromatic heterocycles. The summed E-state index contributed by atoms with van der Waals surface area (Å²) in [7, 11) is 3.19. The number of anilines is 1. The maximum Gasteiger partial charge on any atom is 0.245 e. The minimum atomic E-state index is -0.282. The molecule has 0 spiro atoms. The lowest BCUT2D eigenvalue weighted by atomic mass is 9.92. The number of nitrogens with one attached hydrogen (secondary N) is 1. The second-order valence-corrected chi connectivity index (χ2v) is 8.38. The molecule has 0 unspecified atom stereocenters. The van der Waals surface area contributed by atoms with Gasteiger partial charge in [-0.05, 0) is 30.7 Å². The number of hydrogen-bond acceptors (Lipinski definition) is 5. The summed E-state index contributed by atoms with van der Waals surface area (Å²) in [5.74, 6) is 0.944. The number of benzene rings is 1. The predicted octanol–water partition coefficient (Wildman–Crippen LogP) is 3.39. The molecule has 31 heavy (non-hydrogen) atoms. The average molecular weight is 431 g/mol.